The van der Waals surface area contributed by atoms with Crippen molar-refractivity contribution in [2.45, 2.75) is 171 Å². The Morgan fingerprint density at radius 3 is 1.01 bits per heavy atom. The van der Waals surface area contributed by atoms with Crippen LogP contribution in [0.15, 0.2) is 24.3 Å². The Morgan fingerprint density at radius 1 is 0.432 bits per heavy atom. The molecule has 21 heteroatoms. The summed E-state index contributed by atoms with van der Waals surface area (Å²) in [5.41, 5.74) is -4.56. The van der Waals surface area contributed by atoms with Crippen LogP contribution in [0, 0.1) is 10.1 Å². The molecule has 0 saturated carbocycles. The first-order valence-corrected chi connectivity index (χ1v) is 25.6. The number of benzene rings is 1. The van der Waals surface area contributed by atoms with Crippen LogP contribution in [0.4, 0.5) is 5.69 Å². The monoisotopic (exact) mass is 1050 g/mol. The molecule has 1 aliphatic rings. The summed E-state index contributed by atoms with van der Waals surface area (Å²) in [6, 6.07) is 5.23. The Morgan fingerprint density at radius 2 is 0.703 bits per heavy atom. The maximum absolute atomic E-state index is 14.2. The molecule has 1 aromatic rings. The molecule has 1 fully saturated rings. The number of esters is 6. The van der Waals surface area contributed by atoms with Crippen LogP contribution in [-0.4, -0.2) is 208 Å². The molecule has 0 aliphatic carbocycles. The number of hydrazine groups is 1. The molecule has 1 saturated heterocycles. The second kappa shape index (κ2) is 27.8. The van der Waals surface area contributed by atoms with Crippen molar-refractivity contribution >= 4 is 41.5 Å². The highest BCUT2D eigenvalue weighted by Gasteiger charge is 2.35. The molecule has 0 radical (unpaired) electrons. The quantitative estimate of drug-likeness (QED) is 0.0942. The lowest BCUT2D eigenvalue weighted by atomic mass is 10.0. The van der Waals surface area contributed by atoms with Crippen LogP contribution >= 0.6 is 0 Å². The number of carbonyl (C=O) groups excluding carboxylic acids is 6. The van der Waals surface area contributed by atoms with Crippen LogP contribution in [0.1, 0.15) is 130 Å². The molecule has 1 aromatic carbocycles. The van der Waals surface area contributed by atoms with Gasteiger partial charge in [-0.3, -0.25) is 58.5 Å². The minimum Gasteiger partial charge on any atom is -0.459 e. The van der Waals surface area contributed by atoms with Gasteiger partial charge < -0.3 is 28.4 Å². The van der Waals surface area contributed by atoms with E-state index in [1.807, 2.05) is 19.6 Å². The molecule has 74 heavy (non-hydrogen) atoms. The molecule has 1 unspecified atom stereocenters. The van der Waals surface area contributed by atoms with Crippen LogP contribution < -0.4 is 0 Å². The summed E-state index contributed by atoms with van der Waals surface area (Å²) in [7, 11) is 0. The molecule has 1 atom stereocenters. The van der Waals surface area contributed by atoms with Gasteiger partial charge in [-0.15, -0.1) is 0 Å². The zero-order valence-electron chi connectivity index (χ0n) is 48.0. The molecule has 21 nitrogen and oxygen atoms in total. The highest BCUT2D eigenvalue weighted by Crippen LogP contribution is 2.21. The standard InChI is InChI=1S/C53H91N7O14/c1-48(2,3)69-42(61)33-54-23-24-55(34-43(62)70-49(4,5)6)27-28-57(36-45(64)72-51(10,11)12)32-41(31-39-19-21-40(22-20-39)60(67)68)59(38-47(66)74-53(16,17)18)58(37-46(65)73-52(13,14)15)30-29-56(26-25-54)35-44(63)71-50(7,8)9/h19-22,41H,23-38H2,1-18H3. The second-order valence-corrected chi connectivity index (χ2v) is 24.8. The molecule has 0 N–H and O–H groups in total. The first kappa shape index (κ1) is 65.3. The van der Waals surface area contributed by atoms with Gasteiger partial charge in [0.15, 0.2) is 0 Å². The van der Waals surface area contributed by atoms with Crippen molar-refractivity contribution in [2.75, 3.05) is 98.2 Å². The first-order valence-electron chi connectivity index (χ1n) is 25.6. The fraction of sp³-hybridized carbons (Fsp3) is 0.774. The van der Waals surface area contributed by atoms with Crippen molar-refractivity contribution in [3.05, 3.63) is 39.9 Å². The predicted molar refractivity (Wildman–Crippen MR) is 280 cm³/mol. The van der Waals surface area contributed by atoms with Crippen molar-refractivity contribution < 1.29 is 62.1 Å². The van der Waals surface area contributed by atoms with E-state index >= 15 is 0 Å². The maximum atomic E-state index is 14.2. The van der Waals surface area contributed by atoms with E-state index in [1.165, 1.54) is 12.1 Å². The number of nitrogens with zero attached hydrogens (tertiary/aromatic N) is 7. The van der Waals surface area contributed by atoms with Crippen LogP contribution in [0.5, 0.6) is 0 Å². The largest absolute Gasteiger partial charge is 0.459 e. The van der Waals surface area contributed by atoms with Crippen LogP contribution in [-0.2, 0) is 63.6 Å². The molecule has 1 heterocycles. The maximum Gasteiger partial charge on any atom is 0.322 e. The smallest absolute Gasteiger partial charge is 0.322 e. The van der Waals surface area contributed by atoms with Crippen molar-refractivity contribution in [1.29, 1.82) is 0 Å². The van der Waals surface area contributed by atoms with E-state index in [9.17, 15) is 38.9 Å². The third-order valence-electron chi connectivity index (χ3n) is 10.3. The summed E-state index contributed by atoms with van der Waals surface area (Å²) in [4.78, 5) is 102. The number of ether oxygens (including phenoxy) is 6. The predicted octanol–water partition coefficient (Wildman–Crippen LogP) is 5.30. The summed E-state index contributed by atoms with van der Waals surface area (Å²) in [6.45, 7) is 31.7. The van der Waals surface area contributed by atoms with Gasteiger partial charge in [0.2, 0.25) is 0 Å². The second-order valence-electron chi connectivity index (χ2n) is 24.8. The number of non-ortho nitro benzene ring substituents is 1. The van der Waals surface area contributed by atoms with Crippen LogP contribution in [0.3, 0.4) is 0 Å². The Hall–Kier alpha value is -4.80. The van der Waals surface area contributed by atoms with E-state index in [0.29, 0.717) is 5.56 Å². The zero-order valence-corrected chi connectivity index (χ0v) is 48.0. The number of carbonyl (C=O) groups is 6. The van der Waals surface area contributed by atoms with E-state index in [4.69, 9.17) is 28.4 Å². The topological polar surface area (TPSA) is 220 Å². The van der Waals surface area contributed by atoms with E-state index in [2.05, 4.69) is 0 Å². The average Bonchev–Trinajstić information content (AvgIpc) is 3.16. The van der Waals surface area contributed by atoms with Gasteiger partial charge in [0.1, 0.15) is 46.7 Å². The van der Waals surface area contributed by atoms with E-state index < -0.39 is 86.9 Å². The third kappa shape index (κ3) is 29.9. The van der Waals surface area contributed by atoms with Crippen molar-refractivity contribution in [2.24, 2.45) is 0 Å². The fourth-order valence-corrected chi connectivity index (χ4v) is 7.75. The summed E-state index contributed by atoms with van der Waals surface area (Å²) < 4.78 is 35.0. The van der Waals surface area contributed by atoms with Gasteiger partial charge in [-0.25, -0.2) is 10.0 Å². The van der Waals surface area contributed by atoms with Gasteiger partial charge in [-0.05, 0) is 137 Å². The molecule has 2 rings (SSSR count). The number of nitro benzene ring substituents is 1. The first-order chi connectivity index (χ1) is 33.6. The molecule has 0 bridgehead atoms. The van der Waals surface area contributed by atoms with Gasteiger partial charge in [-0.2, -0.15) is 0 Å². The highest BCUT2D eigenvalue weighted by molar-refractivity contribution is 5.74. The lowest BCUT2D eigenvalue weighted by Gasteiger charge is -2.43. The summed E-state index contributed by atoms with van der Waals surface area (Å²) in [6.07, 6.45) is 0.138. The molecular weight excluding hydrogens is 959 g/mol. The van der Waals surface area contributed by atoms with E-state index in [0.717, 1.165) is 0 Å². The van der Waals surface area contributed by atoms with Crippen molar-refractivity contribution in [1.82, 2.24) is 29.6 Å². The molecular formula is C53H91N7O14. The summed E-state index contributed by atoms with van der Waals surface area (Å²) in [5.74, 6) is -3.31. The highest BCUT2D eigenvalue weighted by atomic mass is 16.6. The Balaban J connectivity index is 3.08. The third-order valence-corrected chi connectivity index (χ3v) is 10.3. The number of hydrogen-bond donors (Lipinski definition) is 0. The minimum atomic E-state index is -0.921. The average molecular weight is 1050 g/mol. The number of hydrogen-bond acceptors (Lipinski definition) is 20. The lowest BCUT2D eigenvalue weighted by molar-refractivity contribution is -0.384. The Bertz CT molecular complexity index is 2010. The van der Waals surface area contributed by atoms with Gasteiger partial charge in [-0.1, -0.05) is 12.1 Å². The van der Waals surface area contributed by atoms with Crippen molar-refractivity contribution in [3.63, 3.8) is 0 Å². The van der Waals surface area contributed by atoms with Gasteiger partial charge in [0.05, 0.1) is 31.1 Å². The molecule has 0 spiro atoms. The molecule has 0 amide bonds. The van der Waals surface area contributed by atoms with Crippen molar-refractivity contribution in [3.8, 4) is 0 Å². The van der Waals surface area contributed by atoms with Gasteiger partial charge in [0, 0.05) is 77.1 Å². The Kier molecular flexibility index (Phi) is 24.6. The zero-order chi connectivity index (χ0) is 56.6. The van der Waals surface area contributed by atoms with Crippen LogP contribution in [0.25, 0.3) is 0 Å². The lowest BCUT2D eigenvalue weighted by Crippen LogP contribution is -2.59. The number of rotatable bonds is 15. The van der Waals surface area contributed by atoms with E-state index in [-0.39, 0.29) is 104 Å². The van der Waals surface area contributed by atoms with Gasteiger partial charge in [0.25, 0.3) is 5.69 Å². The minimum absolute atomic E-state index is 0.0311. The SMILES string of the molecule is CC(C)(C)OC(=O)CN1CCN(CC(=O)OC(C)(C)C)CCN(CC(=O)OC(C)(C)C)CC(Cc2ccc([N+](=O)[O-])cc2)N(CC(=O)OC(C)(C)C)N(CC(=O)OC(C)(C)C)CCN(CC(=O)OC(C)(C)C)CC1. The Labute approximate surface area is 440 Å². The number of nitro groups is 1. The normalized spacial score (nSPS) is 18.0. The molecule has 422 valence electrons. The van der Waals surface area contributed by atoms with Gasteiger partial charge >= 0.3 is 35.8 Å². The molecule has 0 aromatic heterocycles. The van der Waals surface area contributed by atoms with E-state index in [1.54, 1.807) is 147 Å². The fourth-order valence-electron chi connectivity index (χ4n) is 7.75. The van der Waals surface area contributed by atoms with Crippen LogP contribution in [0.2, 0.25) is 0 Å². The summed E-state index contributed by atoms with van der Waals surface area (Å²) in [5, 5.41) is 15.2. The summed E-state index contributed by atoms with van der Waals surface area (Å²) >= 11 is 0. The molecule has 1 aliphatic heterocycles.